The molecule has 0 aliphatic carbocycles. The summed E-state index contributed by atoms with van der Waals surface area (Å²) in [5.74, 6) is 0.579. The molecule has 1 amide bonds. The van der Waals surface area contributed by atoms with Gasteiger partial charge in [0, 0.05) is 51.8 Å². The molecule has 2 rings (SSSR count). The normalized spacial score (nSPS) is 16.1. The van der Waals surface area contributed by atoms with Crippen LogP contribution in [0.1, 0.15) is 24.3 Å². The Labute approximate surface area is 142 Å². The van der Waals surface area contributed by atoms with Crippen LogP contribution < -0.4 is 5.32 Å². The molecular weight excluding hydrogens is 312 g/mol. The lowest BCUT2D eigenvalue weighted by Gasteiger charge is -2.33. The van der Waals surface area contributed by atoms with Gasteiger partial charge in [-0.05, 0) is 13.3 Å². The first-order chi connectivity index (χ1) is 11.6. The zero-order valence-electron chi connectivity index (χ0n) is 14.4. The summed E-state index contributed by atoms with van der Waals surface area (Å²) in [4.78, 5) is 27.3. The highest BCUT2D eigenvalue weighted by Gasteiger charge is 2.19. The van der Waals surface area contributed by atoms with Crippen molar-refractivity contribution in [3.05, 3.63) is 17.5 Å². The van der Waals surface area contributed by atoms with Gasteiger partial charge in [0.25, 0.3) is 0 Å². The van der Waals surface area contributed by atoms with E-state index in [1.807, 2.05) is 13.0 Å². The van der Waals surface area contributed by atoms with Gasteiger partial charge in [-0.2, -0.15) is 0 Å². The Morgan fingerprint density at radius 3 is 2.62 bits per heavy atom. The van der Waals surface area contributed by atoms with Crippen LogP contribution in [0.3, 0.4) is 0 Å². The highest BCUT2D eigenvalue weighted by molar-refractivity contribution is 5.78. The maximum Gasteiger partial charge on any atom is 0.305 e. The molecule has 1 aliphatic rings. The molecule has 1 aromatic heterocycles. The van der Waals surface area contributed by atoms with Gasteiger partial charge in [0.1, 0.15) is 5.76 Å². The number of nitrogens with zero attached hydrogens (tertiary/aromatic N) is 3. The van der Waals surface area contributed by atoms with Crippen LogP contribution in [0.25, 0.3) is 0 Å². The topological polar surface area (TPSA) is 87.9 Å². The number of carbonyl (C=O) groups is 2. The summed E-state index contributed by atoms with van der Waals surface area (Å²) in [6.07, 6.45) is 0.931. The first kappa shape index (κ1) is 18.4. The number of aryl methyl sites for hydroxylation is 1. The van der Waals surface area contributed by atoms with Gasteiger partial charge in [0.15, 0.2) is 0 Å². The van der Waals surface area contributed by atoms with Crippen molar-refractivity contribution >= 4 is 11.9 Å². The van der Waals surface area contributed by atoms with E-state index >= 15 is 0 Å². The summed E-state index contributed by atoms with van der Waals surface area (Å²) in [6.45, 7) is 7.08. The number of piperazine rings is 1. The van der Waals surface area contributed by atoms with Crippen molar-refractivity contribution in [3.8, 4) is 0 Å². The number of rotatable bonds is 8. The Morgan fingerprint density at radius 1 is 1.29 bits per heavy atom. The van der Waals surface area contributed by atoms with Crippen LogP contribution in [0.15, 0.2) is 10.6 Å². The molecule has 1 aromatic rings. The van der Waals surface area contributed by atoms with Crippen molar-refractivity contribution in [2.24, 2.45) is 0 Å². The van der Waals surface area contributed by atoms with Gasteiger partial charge >= 0.3 is 5.97 Å². The van der Waals surface area contributed by atoms with Gasteiger partial charge in [-0.3, -0.25) is 19.4 Å². The Bertz CT molecular complexity index is 538. The fraction of sp³-hybridized carbons (Fsp3) is 0.688. The zero-order chi connectivity index (χ0) is 17.4. The van der Waals surface area contributed by atoms with Crippen LogP contribution in [0.4, 0.5) is 0 Å². The molecule has 0 atom stereocenters. The van der Waals surface area contributed by atoms with Crippen LogP contribution in [-0.2, 0) is 20.9 Å². The summed E-state index contributed by atoms with van der Waals surface area (Å²) in [6, 6.07) is 1.95. The number of esters is 1. The molecule has 2 heterocycles. The number of carbonyl (C=O) groups excluding carboxylic acids is 2. The fourth-order valence-corrected chi connectivity index (χ4v) is 2.65. The second-order valence-corrected chi connectivity index (χ2v) is 6.01. The number of nitrogens with one attached hydrogen (secondary N) is 1. The molecular formula is C16H26N4O4. The van der Waals surface area contributed by atoms with Crippen molar-refractivity contribution in [1.29, 1.82) is 0 Å². The Morgan fingerprint density at radius 2 is 2.00 bits per heavy atom. The maximum atomic E-state index is 11.9. The minimum atomic E-state index is -0.248. The van der Waals surface area contributed by atoms with E-state index in [-0.39, 0.29) is 11.9 Å². The molecule has 0 radical (unpaired) electrons. The molecule has 1 saturated heterocycles. The van der Waals surface area contributed by atoms with Crippen LogP contribution in [-0.4, -0.2) is 73.2 Å². The zero-order valence-corrected chi connectivity index (χ0v) is 14.4. The smallest absolute Gasteiger partial charge is 0.305 e. The quantitative estimate of drug-likeness (QED) is 0.534. The highest BCUT2D eigenvalue weighted by atomic mass is 16.5. The first-order valence-electron chi connectivity index (χ1n) is 8.27. The second-order valence-electron chi connectivity index (χ2n) is 6.01. The first-order valence-corrected chi connectivity index (χ1v) is 8.27. The van der Waals surface area contributed by atoms with Crippen molar-refractivity contribution in [2.45, 2.75) is 26.3 Å². The summed E-state index contributed by atoms with van der Waals surface area (Å²) in [7, 11) is 1.37. The van der Waals surface area contributed by atoms with Gasteiger partial charge in [-0.1, -0.05) is 5.16 Å². The van der Waals surface area contributed by atoms with Crippen molar-refractivity contribution < 1.29 is 18.8 Å². The number of amides is 1. The third-order valence-corrected chi connectivity index (χ3v) is 4.00. The Kier molecular flexibility index (Phi) is 7.20. The third kappa shape index (κ3) is 6.29. The molecule has 0 bridgehead atoms. The minimum absolute atomic E-state index is 0.000409. The SMILES string of the molecule is COC(=O)CCCNC(=O)CN1CCN(Cc2cc(C)on2)CC1. The Balaban J connectivity index is 1.58. The van der Waals surface area contributed by atoms with Gasteiger partial charge in [-0.25, -0.2) is 0 Å². The fourth-order valence-electron chi connectivity index (χ4n) is 2.65. The van der Waals surface area contributed by atoms with Gasteiger partial charge < -0.3 is 14.6 Å². The summed E-state index contributed by atoms with van der Waals surface area (Å²) in [5, 5.41) is 6.85. The molecule has 0 spiro atoms. The average molecular weight is 338 g/mol. The van der Waals surface area contributed by atoms with Crippen LogP contribution >= 0.6 is 0 Å². The lowest BCUT2D eigenvalue weighted by Crippen LogP contribution is -2.49. The van der Waals surface area contributed by atoms with E-state index in [2.05, 4.69) is 25.0 Å². The second kappa shape index (κ2) is 9.39. The van der Waals surface area contributed by atoms with Gasteiger partial charge in [-0.15, -0.1) is 0 Å². The van der Waals surface area contributed by atoms with Crippen LogP contribution in [0.2, 0.25) is 0 Å². The number of hydrogen-bond acceptors (Lipinski definition) is 7. The van der Waals surface area contributed by atoms with Crippen LogP contribution in [0.5, 0.6) is 0 Å². The molecule has 8 heteroatoms. The summed E-state index contributed by atoms with van der Waals surface area (Å²) >= 11 is 0. The highest BCUT2D eigenvalue weighted by Crippen LogP contribution is 2.08. The number of methoxy groups -OCH3 is 1. The summed E-state index contributed by atoms with van der Waals surface area (Å²) < 4.78 is 9.64. The van der Waals surface area contributed by atoms with Crippen molar-refractivity contribution in [1.82, 2.24) is 20.3 Å². The minimum Gasteiger partial charge on any atom is -0.469 e. The van der Waals surface area contributed by atoms with E-state index in [9.17, 15) is 9.59 Å². The van der Waals surface area contributed by atoms with Gasteiger partial charge in [0.2, 0.25) is 5.91 Å². The molecule has 0 saturated carbocycles. The predicted octanol–water partition coefficient (Wildman–Crippen LogP) is 0.170. The molecule has 24 heavy (non-hydrogen) atoms. The summed E-state index contributed by atoms with van der Waals surface area (Å²) in [5.41, 5.74) is 0.948. The largest absolute Gasteiger partial charge is 0.469 e. The molecule has 1 N–H and O–H groups in total. The molecule has 8 nitrogen and oxygen atoms in total. The van der Waals surface area contributed by atoms with E-state index in [0.717, 1.165) is 44.2 Å². The third-order valence-electron chi connectivity index (χ3n) is 4.00. The molecule has 0 unspecified atom stereocenters. The van der Waals surface area contributed by atoms with E-state index in [0.29, 0.717) is 25.9 Å². The van der Waals surface area contributed by atoms with E-state index in [4.69, 9.17) is 4.52 Å². The lowest BCUT2D eigenvalue weighted by atomic mass is 10.2. The molecule has 1 aliphatic heterocycles. The van der Waals surface area contributed by atoms with E-state index in [1.165, 1.54) is 7.11 Å². The molecule has 134 valence electrons. The van der Waals surface area contributed by atoms with E-state index in [1.54, 1.807) is 0 Å². The number of hydrogen-bond donors (Lipinski definition) is 1. The van der Waals surface area contributed by atoms with Crippen molar-refractivity contribution in [3.63, 3.8) is 0 Å². The predicted molar refractivity (Wildman–Crippen MR) is 87.2 cm³/mol. The lowest BCUT2D eigenvalue weighted by molar-refractivity contribution is -0.140. The molecule has 1 fully saturated rings. The van der Waals surface area contributed by atoms with Crippen molar-refractivity contribution in [2.75, 3.05) is 46.4 Å². The number of ether oxygens (including phenoxy) is 1. The Hall–Kier alpha value is -1.93. The monoisotopic (exact) mass is 338 g/mol. The average Bonchev–Trinajstić information content (AvgIpc) is 2.98. The van der Waals surface area contributed by atoms with Gasteiger partial charge in [0.05, 0.1) is 19.3 Å². The standard InChI is InChI=1S/C16H26N4O4/c1-13-10-14(18-24-13)11-19-6-8-20(9-7-19)12-15(21)17-5-3-4-16(22)23-2/h10H,3-9,11-12H2,1-2H3,(H,17,21). The maximum absolute atomic E-state index is 11.9. The van der Waals surface area contributed by atoms with Crippen LogP contribution in [0, 0.1) is 6.92 Å². The number of aromatic nitrogens is 1. The van der Waals surface area contributed by atoms with E-state index < -0.39 is 0 Å². The molecule has 0 aromatic carbocycles.